The third-order valence-corrected chi connectivity index (χ3v) is 1.70. The molecule has 4 nitrogen and oxygen atoms in total. The fourth-order valence-corrected chi connectivity index (χ4v) is 1.03. The predicted molar refractivity (Wildman–Crippen MR) is 52.4 cm³/mol. The average molecular weight is 187 g/mol. The summed E-state index contributed by atoms with van der Waals surface area (Å²) in [4.78, 5) is 3.83. The quantitative estimate of drug-likeness (QED) is 0.546. The summed E-state index contributed by atoms with van der Waals surface area (Å²) in [6.07, 6.45) is 4.78. The van der Waals surface area contributed by atoms with Gasteiger partial charge in [0.25, 0.3) is 6.02 Å². The van der Waals surface area contributed by atoms with Crippen LogP contribution in [0, 0.1) is 5.41 Å². The third kappa shape index (κ3) is 1.80. The summed E-state index contributed by atoms with van der Waals surface area (Å²) in [6.45, 7) is 0. The molecule has 0 radical (unpaired) electrons. The third-order valence-electron chi connectivity index (χ3n) is 1.70. The monoisotopic (exact) mass is 187 g/mol. The van der Waals surface area contributed by atoms with Crippen molar-refractivity contribution in [2.24, 2.45) is 0 Å². The maximum Gasteiger partial charge on any atom is 0.299 e. The Bertz CT molecular complexity index is 408. The van der Waals surface area contributed by atoms with Gasteiger partial charge in [-0.15, -0.1) is 0 Å². The summed E-state index contributed by atoms with van der Waals surface area (Å²) in [5.74, 6) is 0.645. The maximum absolute atomic E-state index is 7.58. The van der Waals surface area contributed by atoms with Crippen LogP contribution in [0.4, 0.5) is 0 Å². The van der Waals surface area contributed by atoms with Crippen LogP contribution in [0.1, 0.15) is 0 Å². The Kier molecular flexibility index (Phi) is 2.27. The van der Waals surface area contributed by atoms with Crippen molar-refractivity contribution in [3.8, 4) is 5.75 Å². The highest BCUT2D eigenvalue weighted by atomic mass is 16.5. The zero-order valence-electron chi connectivity index (χ0n) is 7.42. The van der Waals surface area contributed by atoms with E-state index in [1.54, 1.807) is 24.5 Å². The van der Waals surface area contributed by atoms with Gasteiger partial charge in [-0.25, -0.2) is 4.98 Å². The van der Waals surface area contributed by atoms with Gasteiger partial charge in [-0.1, -0.05) is 18.2 Å². The van der Waals surface area contributed by atoms with E-state index in [-0.39, 0.29) is 6.02 Å². The first-order chi connectivity index (χ1) is 6.86. The molecule has 1 N–H and O–H groups in total. The van der Waals surface area contributed by atoms with Crippen LogP contribution in [0.3, 0.4) is 0 Å². The van der Waals surface area contributed by atoms with Gasteiger partial charge in [0.2, 0.25) is 0 Å². The molecule has 4 heteroatoms. The number of benzene rings is 1. The normalized spacial score (nSPS) is 9.71. The van der Waals surface area contributed by atoms with Crippen LogP contribution in [0.15, 0.2) is 49.1 Å². The fraction of sp³-hybridized carbons (Fsp3) is 0. The molecule has 2 rings (SSSR count). The van der Waals surface area contributed by atoms with Crippen LogP contribution in [0.25, 0.3) is 0 Å². The predicted octanol–water partition coefficient (Wildman–Crippen LogP) is 1.74. The highest BCUT2D eigenvalue weighted by Gasteiger charge is 2.00. The maximum atomic E-state index is 7.58. The number of nitrogens with one attached hydrogen (secondary N) is 1. The topological polar surface area (TPSA) is 50.9 Å². The van der Waals surface area contributed by atoms with Gasteiger partial charge in [0.1, 0.15) is 12.1 Å². The number of hydrogen-bond donors (Lipinski definition) is 1. The molecule has 2 aromatic rings. The summed E-state index contributed by atoms with van der Waals surface area (Å²) in [6, 6.07) is 9.24. The standard InChI is InChI=1S/C10H9N3O/c11-10(13-7-6-12-8-13)14-9-4-2-1-3-5-9/h1-8,11H. The SMILES string of the molecule is N=C(Oc1ccccc1)n1ccnc1. The Morgan fingerprint density at radius 2 is 2.07 bits per heavy atom. The van der Waals surface area contributed by atoms with E-state index in [0.29, 0.717) is 5.75 Å². The number of aromatic nitrogens is 2. The van der Waals surface area contributed by atoms with Crippen molar-refractivity contribution in [2.45, 2.75) is 0 Å². The van der Waals surface area contributed by atoms with Crippen LogP contribution < -0.4 is 4.74 Å². The Morgan fingerprint density at radius 1 is 1.29 bits per heavy atom. The number of hydrogen-bond acceptors (Lipinski definition) is 3. The molecule has 14 heavy (non-hydrogen) atoms. The van der Waals surface area contributed by atoms with E-state index >= 15 is 0 Å². The van der Waals surface area contributed by atoms with E-state index in [4.69, 9.17) is 10.1 Å². The molecular weight excluding hydrogens is 178 g/mol. The molecule has 0 fully saturated rings. The summed E-state index contributed by atoms with van der Waals surface area (Å²) in [7, 11) is 0. The van der Waals surface area contributed by atoms with Gasteiger partial charge < -0.3 is 4.74 Å². The second kappa shape index (κ2) is 3.74. The molecule has 0 bridgehead atoms. The average Bonchev–Trinajstić information content (AvgIpc) is 2.72. The Hall–Kier alpha value is -2.10. The van der Waals surface area contributed by atoms with Crippen molar-refractivity contribution in [1.29, 1.82) is 5.41 Å². The summed E-state index contributed by atoms with van der Waals surface area (Å²) in [5, 5.41) is 7.58. The molecule has 1 aromatic heterocycles. The van der Waals surface area contributed by atoms with Crippen LogP contribution >= 0.6 is 0 Å². The second-order valence-electron chi connectivity index (χ2n) is 2.69. The first-order valence-electron chi connectivity index (χ1n) is 4.16. The number of imidazole rings is 1. The van der Waals surface area contributed by atoms with E-state index in [1.165, 1.54) is 10.9 Å². The van der Waals surface area contributed by atoms with Crippen LogP contribution in [-0.4, -0.2) is 15.6 Å². The lowest BCUT2D eigenvalue weighted by Crippen LogP contribution is -2.15. The number of nitrogens with zero attached hydrogens (tertiary/aromatic N) is 2. The minimum atomic E-state index is 0.0358. The van der Waals surface area contributed by atoms with Crippen molar-refractivity contribution < 1.29 is 4.74 Å². The molecule has 0 spiro atoms. The van der Waals surface area contributed by atoms with Gasteiger partial charge in [0.15, 0.2) is 0 Å². The Balaban J connectivity index is 2.10. The largest absolute Gasteiger partial charge is 0.426 e. The van der Waals surface area contributed by atoms with Crippen molar-refractivity contribution in [2.75, 3.05) is 0 Å². The number of rotatable bonds is 1. The van der Waals surface area contributed by atoms with Crippen LogP contribution in [-0.2, 0) is 0 Å². The molecule has 0 atom stereocenters. The van der Waals surface area contributed by atoms with E-state index in [1.807, 2.05) is 18.2 Å². The van der Waals surface area contributed by atoms with Crippen molar-refractivity contribution in [3.63, 3.8) is 0 Å². The van der Waals surface area contributed by atoms with E-state index in [0.717, 1.165) is 0 Å². The molecule has 1 heterocycles. The minimum absolute atomic E-state index is 0.0358. The van der Waals surface area contributed by atoms with Gasteiger partial charge in [-0.05, 0) is 12.1 Å². The van der Waals surface area contributed by atoms with Crippen LogP contribution in [0.2, 0.25) is 0 Å². The van der Waals surface area contributed by atoms with E-state index in [9.17, 15) is 0 Å². The molecule has 0 aliphatic heterocycles. The lowest BCUT2D eigenvalue weighted by Gasteiger charge is -2.05. The summed E-state index contributed by atoms with van der Waals surface area (Å²) in [5.41, 5.74) is 0. The Labute approximate surface area is 81.3 Å². The van der Waals surface area contributed by atoms with Gasteiger partial charge in [-0.3, -0.25) is 9.98 Å². The van der Waals surface area contributed by atoms with E-state index < -0.39 is 0 Å². The van der Waals surface area contributed by atoms with Crippen molar-refractivity contribution in [1.82, 2.24) is 9.55 Å². The molecule has 70 valence electrons. The zero-order valence-corrected chi connectivity index (χ0v) is 7.42. The van der Waals surface area contributed by atoms with Crippen molar-refractivity contribution >= 4 is 6.02 Å². The zero-order chi connectivity index (χ0) is 9.80. The molecular formula is C10H9N3O. The molecule has 0 aliphatic rings. The second-order valence-corrected chi connectivity index (χ2v) is 2.69. The molecule has 0 saturated heterocycles. The van der Waals surface area contributed by atoms with Gasteiger partial charge in [-0.2, -0.15) is 0 Å². The molecule has 0 aliphatic carbocycles. The van der Waals surface area contributed by atoms with Crippen molar-refractivity contribution in [3.05, 3.63) is 49.1 Å². The lowest BCUT2D eigenvalue weighted by molar-refractivity contribution is 0.518. The molecule has 0 amide bonds. The summed E-state index contributed by atoms with van der Waals surface area (Å²) < 4.78 is 6.76. The van der Waals surface area contributed by atoms with Gasteiger partial charge in [0.05, 0.1) is 0 Å². The number of ether oxygens (including phenoxy) is 1. The fourth-order valence-electron chi connectivity index (χ4n) is 1.03. The Morgan fingerprint density at radius 3 is 2.71 bits per heavy atom. The molecule has 1 aromatic carbocycles. The highest BCUT2D eigenvalue weighted by molar-refractivity contribution is 5.75. The lowest BCUT2D eigenvalue weighted by atomic mass is 10.3. The molecule has 0 unspecified atom stereocenters. The minimum Gasteiger partial charge on any atom is -0.426 e. The van der Waals surface area contributed by atoms with Gasteiger partial charge >= 0.3 is 0 Å². The van der Waals surface area contributed by atoms with E-state index in [2.05, 4.69) is 4.98 Å². The van der Waals surface area contributed by atoms with Crippen LogP contribution in [0.5, 0.6) is 5.75 Å². The first-order valence-corrected chi connectivity index (χ1v) is 4.16. The number of para-hydroxylation sites is 1. The van der Waals surface area contributed by atoms with Gasteiger partial charge in [0, 0.05) is 12.4 Å². The summed E-state index contributed by atoms with van der Waals surface area (Å²) >= 11 is 0. The smallest absolute Gasteiger partial charge is 0.299 e. The molecule has 0 saturated carbocycles. The highest BCUT2D eigenvalue weighted by Crippen LogP contribution is 2.08. The first kappa shape index (κ1) is 8.50.